The number of para-hydroxylation sites is 1. The summed E-state index contributed by atoms with van der Waals surface area (Å²) in [5, 5.41) is 1.25. The molecule has 76 valence electrons. The minimum Gasteiger partial charge on any atom is -0.325 e. The quantitative estimate of drug-likeness (QED) is 0.668. The van der Waals surface area contributed by atoms with Gasteiger partial charge < -0.3 is 4.34 Å². The van der Waals surface area contributed by atoms with Gasteiger partial charge in [-0.25, -0.2) is 0 Å². The van der Waals surface area contributed by atoms with E-state index in [4.69, 9.17) is 0 Å². The lowest BCUT2D eigenvalue weighted by atomic mass is 10.1. The van der Waals surface area contributed by atoms with E-state index in [1.807, 2.05) is 19.1 Å². The molecule has 1 aromatic carbocycles. The third-order valence-electron chi connectivity index (χ3n) is 2.52. The second-order valence-electron chi connectivity index (χ2n) is 3.39. The molecule has 1 heterocycles. The average Bonchev–Trinajstić information content (AvgIpc) is 2.54. The first kappa shape index (κ1) is 10.2. The lowest BCUT2D eigenvalue weighted by molar-refractivity contribution is 1.31. The summed E-state index contributed by atoms with van der Waals surface area (Å²) in [5.74, 6) is 0. The number of aromatic nitrogens is 1. The molecular formula is C13H14NP. The minimum atomic E-state index is 1.18. The fraction of sp³-hybridized carbons (Fsp3) is 0.0769. The van der Waals surface area contributed by atoms with Crippen LogP contribution in [-0.2, 0) is 0 Å². The van der Waals surface area contributed by atoms with Gasteiger partial charge in [0.05, 0.1) is 11.2 Å². The summed E-state index contributed by atoms with van der Waals surface area (Å²) in [5.41, 5.74) is 3.59. The summed E-state index contributed by atoms with van der Waals surface area (Å²) in [6.07, 6.45) is 6.06. The topological polar surface area (TPSA) is 4.93 Å². The molecular weight excluding hydrogens is 201 g/mol. The highest BCUT2D eigenvalue weighted by Gasteiger charge is 2.09. The molecule has 0 spiro atoms. The Morgan fingerprint density at radius 3 is 2.73 bits per heavy atom. The number of allylic oxidation sites excluding steroid dienone is 1. The summed E-state index contributed by atoms with van der Waals surface area (Å²) in [7, 11) is 2.74. The number of rotatable bonds is 2. The molecule has 0 fully saturated rings. The van der Waals surface area contributed by atoms with Gasteiger partial charge in [0, 0.05) is 10.9 Å². The number of fused-ring (bicyclic) bond motifs is 1. The third kappa shape index (κ3) is 1.53. The van der Waals surface area contributed by atoms with Gasteiger partial charge in [-0.2, -0.15) is 0 Å². The van der Waals surface area contributed by atoms with Gasteiger partial charge in [-0.1, -0.05) is 36.9 Å². The molecule has 0 saturated heterocycles. The van der Waals surface area contributed by atoms with Crippen LogP contribution in [0.5, 0.6) is 0 Å². The maximum absolute atomic E-state index is 3.88. The molecule has 0 aliphatic carbocycles. The lowest BCUT2D eigenvalue weighted by Gasteiger charge is -1.98. The zero-order valence-electron chi connectivity index (χ0n) is 8.77. The molecule has 2 aromatic rings. The van der Waals surface area contributed by atoms with Crippen LogP contribution >= 0.6 is 9.39 Å². The van der Waals surface area contributed by atoms with Crippen LogP contribution in [0, 0.1) is 0 Å². The second-order valence-corrected chi connectivity index (χ2v) is 3.91. The summed E-state index contributed by atoms with van der Waals surface area (Å²) < 4.78 is 2.12. The molecule has 0 saturated carbocycles. The molecule has 15 heavy (non-hydrogen) atoms. The highest BCUT2D eigenvalue weighted by atomic mass is 31.0. The first-order chi connectivity index (χ1) is 7.29. The molecule has 1 unspecified atom stereocenters. The van der Waals surface area contributed by atoms with Gasteiger partial charge in [0.15, 0.2) is 0 Å². The van der Waals surface area contributed by atoms with Crippen LogP contribution in [0.4, 0.5) is 0 Å². The molecule has 1 nitrogen and oxygen atoms in total. The van der Waals surface area contributed by atoms with Crippen molar-refractivity contribution < 1.29 is 0 Å². The van der Waals surface area contributed by atoms with E-state index in [-0.39, 0.29) is 0 Å². The maximum atomic E-state index is 3.88. The molecule has 0 radical (unpaired) electrons. The lowest BCUT2D eigenvalue weighted by Crippen LogP contribution is -1.82. The molecule has 0 amide bonds. The molecule has 1 atom stereocenters. The van der Waals surface area contributed by atoms with Gasteiger partial charge in [-0.15, -0.1) is 0 Å². The van der Waals surface area contributed by atoms with Gasteiger partial charge in [0.25, 0.3) is 0 Å². The Morgan fingerprint density at radius 1 is 1.33 bits per heavy atom. The molecule has 0 aliphatic rings. The maximum Gasteiger partial charge on any atom is 0.0521 e. The zero-order valence-corrected chi connectivity index (χ0v) is 9.93. The highest BCUT2D eigenvalue weighted by molar-refractivity contribution is 7.15. The van der Waals surface area contributed by atoms with Crippen molar-refractivity contribution in [2.45, 2.75) is 6.92 Å². The van der Waals surface area contributed by atoms with Crippen LogP contribution < -0.4 is 0 Å². The molecule has 0 bridgehead atoms. The summed E-state index contributed by atoms with van der Waals surface area (Å²) in [6.45, 7) is 5.90. The molecule has 0 aliphatic heterocycles. The van der Waals surface area contributed by atoms with Gasteiger partial charge in [0.1, 0.15) is 0 Å². The average molecular weight is 215 g/mol. The Bertz CT molecular complexity index is 535. The Kier molecular flexibility index (Phi) is 2.75. The van der Waals surface area contributed by atoms with E-state index in [9.17, 15) is 0 Å². The Morgan fingerprint density at radius 2 is 2.07 bits per heavy atom. The molecule has 0 N–H and O–H groups in total. The van der Waals surface area contributed by atoms with Crippen LogP contribution in [0.3, 0.4) is 0 Å². The number of benzene rings is 1. The van der Waals surface area contributed by atoms with Gasteiger partial charge in [-0.3, -0.25) is 0 Å². The first-order valence-electron chi connectivity index (χ1n) is 4.93. The molecule has 1 aromatic heterocycles. The third-order valence-corrected chi connectivity index (χ3v) is 3.07. The summed E-state index contributed by atoms with van der Waals surface area (Å²) >= 11 is 0. The van der Waals surface area contributed by atoms with E-state index in [1.165, 1.54) is 22.2 Å². The van der Waals surface area contributed by atoms with E-state index in [0.29, 0.717) is 0 Å². The summed E-state index contributed by atoms with van der Waals surface area (Å²) in [6, 6.07) is 8.34. The number of hydrogen-bond donors (Lipinski definition) is 0. The van der Waals surface area contributed by atoms with Gasteiger partial charge >= 0.3 is 0 Å². The summed E-state index contributed by atoms with van der Waals surface area (Å²) in [4.78, 5) is 0. The van der Waals surface area contributed by atoms with E-state index in [1.54, 1.807) is 0 Å². The van der Waals surface area contributed by atoms with Gasteiger partial charge in [-0.05, 0) is 28.5 Å². The Labute approximate surface area is 92.4 Å². The molecule has 2 rings (SSSR count). The predicted octanol–water partition coefficient (Wildman–Crippen LogP) is 3.96. The van der Waals surface area contributed by atoms with Crippen molar-refractivity contribution in [2.75, 3.05) is 0 Å². The van der Waals surface area contributed by atoms with Crippen LogP contribution in [0.15, 0.2) is 36.9 Å². The van der Waals surface area contributed by atoms with E-state index in [2.05, 4.69) is 50.6 Å². The van der Waals surface area contributed by atoms with E-state index < -0.39 is 0 Å². The van der Waals surface area contributed by atoms with Gasteiger partial charge in [0.2, 0.25) is 0 Å². The fourth-order valence-corrected chi connectivity index (χ4v) is 2.30. The van der Waals surface area contributed by atoms with Crippen molar-refractivity contribution in [3.8, 4) is 0 Å². The Balaban J connectivity index is 2.89. The van der Waals surface area contributed by atoms with Crippen LogP contribution in [-0.4, -0.2) is 4.34 Å². The second kappa shape index (κ2) is 4.04. The van der Waals surface area contributed by atoms with Crippen molar-refractivity contribution in [3.05, 3.63) is 48.2 Å². The predicted molar refractivity (Wildman–Crippen MR) is 71.8 cm³/mol. The smallest absolute Gasteiger partial charge is 0.0521 e. The van der Waals surface area contributed by atoms with Crippen molar-refractivity contribution in [2.24, 2.45) is 0 Å². The number of nitrogens with zero attached hydrogens (tertiary/aromatic N) is 1. The zero-order chi connectivity index (χ0) is 10.8. The van der Waals surface area contributed by atoms with E-state index >= 15 is 0 Å². The van der Waals surface area contributed by atoms with Crippen molar-refractivity contribution >= 4 is 32.4 Å². The largest absolute Gasteiger partial charge is 0.325 e. The standard InChI is InChI=1S/C13H14NP/c1-3-7-12-10(4-2)11-8-5-6-9-13(11)14(12)15/h3-9H,2,15H2,1H3/b7-3-. The van der Waals surface area contributed by atoms with Crippen LogP contribution in [0.1, 0.15) is 18.2 Å². The highest BCUT2D eigenvalue weighted by Crippen LogP contribution is 2.29. The number of hydrogen-bond acceptors (Lipinski definition) is 0. The first-order valence-corrected chi connectivity index (χ1v) is 5.45. The van der Waals surface area contributed by atoms with Crippen molar-refractivity contribution in [1.82, 2.24) is 4.34 Å². The normalized spacial score (nSPS) is 11.3. The van der Waals surface area contributed by atoms with Crippen LogP contribution in [0.2, 0.25) is 0 Å². The monoisotopic (exact) mass is 215 g/mol. The van der Waals surface area contributed by atoms with Crippen molar-refractivity contribution in [1.29, 1.82) is 0 Å². The van der Waals surface area contributed by atoms with Crippen molar-refractivity contribution in [3.63, 3.8) is 0 Å². The van der Waals surface area contributed by atoms with E-state index in [0.717, 1.165) is 0 Å². The molecule has 2 heteroatoms. The Hall–Kier alpha value is -1.33. The fourth-order valence-electron chi connectivity index (χ4n) is 1.85. The van der Waals surface area contributed by atoms with Crippen LogP contribution in [0.25, 0.3) is 23.1 Å². The SMILES string of the molecule is C=Cc1c(/C=C\C)n(P)c2ccccc12. The minimum absolute atomic E-state index is 1.18.